The number of pyridine rings is 1. The number of fused-ring (bicyclic) bond motifs is 1. The maximum Gasteiger partial charge on any atom is 0.229 e. The Hall–Kier alpha value is -3.69. The molecule has 0 amide bonds. The second-order valence-electron chi connectivity index (χ2n) is 12.6. The molecule has 1 saturated heterocycles. The van der Waals surface area contributed by atoms with E-state index in [4.69, 9.17) is 9.72 Å². The standard InChI is InChI=1S/C34H46BrN10O2P/c1-7-13-43(3)17-12-37-24-9-14-44(15-10-24)29-19-30(47-4)28(18-23(29)8-2)41-34-39-22-26(35)32(42-34)40-27-11-16-45-25(20-36)21-38-33(45)31(27)48(5,6)46/h11,16,18-19,21-22,24,37H,7-10,12-15,17H2,1-6H3,(H2,39,40,41,42). The number of nitriles is 1. The Morgan fingerprint density at radius 3 is 2.56 bits per heavy atom. The van der Waals surface area contributed by atoms with Crippen LogP contribution in [0.1, 0.15) is 44.4 Å². The van der Waals surface area contributed by atoms with Gasteiger partial charge < -0.3 is 35.1 Å². The number of rotatable bonds is 14. The van der Waals surface area contributed by atoms with Crippen molar-refractivity contribution in [1.29, 1.82) is 5.26 Å². The number of anilines is 5. The van der Waals surface area contributed by atoms with Gasteiger partial charge in [-0.3, -0.25) is 4.40 Å². The molecule has 4 heterocycles. The first kappa shape index (κ1) is 35.6. The van der Waals surface area contributed by atoms with Crippen LogP contribution < -0.4 is 30.9 Å². The van der Waals surface area contributed by atoms with Crippen molar-refractivity contribution in [2.75, 3.05) is 75.7 Å². The molecule has 1 fully saturated rings. The lowest BCUT2D eigenvalue weighted by molar-refractivity contribution is 0.314. The smallest absolute Gasteiger partial charge is 0.229 e. The van der Waals surface area contributed by atoms with Crippen molar-refractivity contribution in [2.24, 2.45) is 0 Å². The molecule has 0 atom stereocenters. The number of piperidine rings is 1. The normalized spacial score (nSPS) is 14.0. The van der Waals surface area contributed by atoms with Gasteiger partial charge in [-0.25, -0.2) is 9.97 Å². The van der Waals surface area contributed by atoms with Gasteiger partial charge in [-0.2, -0.15) is 10.2 Å². The van der Waals surface area contributed by atoms with E-state index in [1.54, 1.807) is 43.3 Å². The number of aromatic nitrogens is 4. The van der Waals surface area contributed by atoms with Crippen molar-refractivity contribution in [3.8, 4) is 11.8 Å². The fraction of sp³-hybridized carbons (Fsp3) is 0.471. The number of imidazole rings is 1. The van der Waals surface area contributed by atoms with Gasteiger partial charge in [0.15, 0.2) is 5.65 Å². The monoisotopic (exact) mass is 736 g/mol. The van der Waals surface area contributed by atoms with Crippen molar-refractivity contribution < 1.29 is 9.30 Å². The molecule has 1 aliphatic heterocycles. The second kappa shape index (κ2) is 15.7. The molecule has 0 saturated carbocycles. The van der Waals surface area contributed by atoms with Crippen LogP contribution in [0.15, 0.2) is 41.3 Å². The molecule has 0 unspecified atom stereocenters. The number of ether oxygens (including phenoxy) is 1. The maximum atomic E-state index is 13.4. The molecule has 0 spiro atoms. The van der Waals surface area contributed by atoms with Gasteiger partial charge in [-0.1, -0.05) is 13.8 Å². The average Bonchev–Trinajstić information content (AvgIpc) is 3.49. The van der Waals surface area contributed by atoms with E-state index >= 15 is 0 Å². The summed E-state index contributed by atoms with van der Waals surface area (Å²) < 4.78 is 21.6. The molecule has 0 aliphatic carbocycles. The van der Waals surface area contributed by atoms with Crippen LogP contribution in [0, 0.1) is 11.3 Å². The number of aryl methyl sites for hydroxylation is 1. The van der Waals surface area contributed by atoms with Gasteiger partial charge in [0.1, 0.15) is 30.5 Å². The van der Waals surface area contributed by atoms with Gasteiger partial charge in [0.25, 0.3) is 0 Å². The van der Waals surface area contributed by atoms with E-state index in [-0.39, 0.29) is 0 Å². The zero-order valence-corrected chi connectivity index (χ0v) is 31.2. The highest BCUT2D eigenvalue weighted by Gasteiger charge is 2.25. The molecule has 12 nitrogen and oxygen atoms in total. The minimum Gasteiger partial charge on any atom is -0.494 e. The first-order valence-electron chi connectivity index (χ1n) is 16.5. The van der Waals surface area contributed by atoms with Gasteiger partial charge in [-0.05, 0) is 86.2 Å². The molecule has 0 radical (unpaired) electrons. The highest BCUT2D eigenvalue weighted by Crippen LogP contribution is 2.41. The highest BCUT2D eigenvalue weighted by atomic mass is 79.9. The Labute approximate surface area is 291 Å². The molecular weight excluding hydrogens is 691 g/mol. The first-order chi connectivity index (χ1) is 23.1. The topological polar surface area (TPSA) is 136 Å². The fourth-order valence-corrected chi connectivity index (χ4v) is 7.90. The molecule has 1 aromatic carbocycles. The van der Waals surface area contributed by atoms with E-state index < -0.39 is 7.14 Å². The van der Waals surface area contributed by atoms with Gasteiger partial charge in [0.2, 0.25) is 5.95 Å². The predicted octanol–water partition coefficient (Wildman–Crippen LogP) is 5.96. The number of methoxy groups -OCH3 is 1. The van der Waals surface area contributed by atoms with Gasteiger partial charge in [0, 0.05) is 56.4 Å². The molecule has 1 aliphatic rings. The van der Waals surface area contributed by atoms with Crippen molar-refractivity contribution in [3.05, 3.63) is 52.5 Å². The lowest BCUT2D eigenvalue weighted by Crippen LogP contribution is -2.44. The summed E-state index contributed by atoms with van der Waals surface area (Å²) >= 11 is 3.56. The predicted molar refractivity (Wildman–Crippen MR) is 199 cm³/mol. The van der Waals surface area contributed by atoms with Crippen LogP contribution >= 0.6 is 23.1 Å². The summed E-state index contributed by atoms with van der Waals surface area (Å²) in [5.41, 5.74) is 4.63. The lowest BCUT2D eigenvalue weighted by Gasteiger charge is -2.36. The zero-order chi connectivity index (χ0) is 34.4. The zero-order valence-electron chi connectivity index (χ0n) is 28.7. The molecule has 5 rings (SSSR count). The van der Waals surface area contributed by atoms with Crippen molar-refractivity contribution in [3.63, 3.8) is 0 Å². The highest BCUT2D eigenvalue weighted by molar-refractivity contribution is 9.10. The third-order valence-electron chi connectivity index (χ3n) is 8.70. The molecular formula is C34H46BrN10O2P. The van der Waals surface area contributed by atoms with Crippen LogP contribution in [0.25, 0.3) is 5.65 Å². The SMILES string of the molecule is CCCN(C)CCNC1CCN(c2cc(OC)c(Nc3ncc(Br)c(Nc4ccn5c(C#N)cnc5c4P(C)(C)=O)n3)cc2CC)CC1. The number of hydrogen-bond acceptors (Lipinski definition) is 11. The Balaban J connectivity index is 1.34. The van der Waals surface area contributed by atoms with E-state index in [9.17, 15) is 9.83 Å². The van der Waals surface area contributed by atoms with E-state index in [1.165, 1.54) is 23.9 Å². The van der Waals surface area contributed by atoms with E-state index in [1.807, 2.05) is 0 Å². The second-order valence-corrected chi connectivity index (χ2v) is 16.6. The molecule has 48 heavy (non-hydrogen) atoms. The van der Waals surface area contributed by atoms with Crippen LogP contribution in [-0.4, -0.2) is 90.5 Å². The number of benzene rings is 1. The third-order valence-corrected chi connectivity index (χ3v) is 10.8. The first-order valence-corrected chi connectivity index (χ1v) is 19.9. The van der Waals surface area contributed by atoms with Crippen LogP contribution in [0.2, 0.25) is 0 Å². The number of likely N-dealkylation sites (N-methyl/N-ethyl adjacent to an activating group) is 1. The molecule has 4 aromatic rings. The summed E-state index contributed by atoms with van der Waals surface area (Å²) in [6.07, 6.45) is 9.14. The van der Waals surface area contributed by atoms with E-state index in [0.29, 0.717) is 50.4 Å². The largest absolute Gasteiger partial charge is 0.494 e. The van der Waals surface area contributed by atoms with E-state index in [2.05, 4.69) is 90.7 Å². The van der Waals surface area contributed by atoms with Gasteiger partial charge in [-0.15, -0.1) is 0 Å². The Morgan fingerprint density at radius 2 is 1.90 bits per heavy atom. The summed E-state index contributed by atoms with van der Waals surface area (Å²) in [5.74, 6) is 1.57. The third kappa shape index (κ3) is 8.12. The summed E-state index contributed by atoms with van der Waals surface area (Å²) in [6.45, 7) is 13.0. The number of nitrogens with zero attached hydrogens (tertiary/aromatic N) is 7. The fourth-order valence-electron chi connectivity index (χ4n) is 6.25. The molecule has 0 bridgehead atoms. The van der Waals surface area contributed by atoms with Crippen LogP contribution in [-0.2, 0) is 11.0 Å². The van der Waals surface area contributed by atoms with Crippen molar-refractivity contribution in [2.45, 2.75) is 45.6 Å². The Bertz CT molecular complexity index is 1830. The maximum absolute atomic E-state index is 13.4. The van der Waals surface area contributed by atoms with Crippen LogP contribution in [0.4, 0.5) is 28.8 Å². The number of hydrogen-bond donors (Lipinski definition) is 3. The van der Waals surface area contributed by atoms with Gasteiger partial charge >= 0.3 is 0 Å². The quantitative estimate of drug-likeness (QED) is 0.132. The molecule has 256 valence electrons. The van der Waals surface area contributed by atoms with Crippen LogP contribution in [0.3, 0.4) is 0 Å². The molecule has 14 heteroatoms. The number of nitrogens with one attached hydrogen (secondary N) is 3. The van der Waals surface area contributed by atoms with Crippen LogP contribution in [0.5, 0.6) is 5.75 Å². The Morgan fingerprint density at radius 1 is 1.12 bits per heavy atom. The summed E-state index contributed by atoms with van der Waals surface area (Å²) in [6, 6.07) is 8.70. The minimum absolute atomic E-state index is 0.371. The molecule has 3 aromatic heterocycles. The summed E-state index contributed by atoms with van der Waals surface area (Å²) in [5, 5.41) is 20.5. The Kier molecular flexibility index (Phi) is 11.6. The van der Waals surface area contributed by atoms with Crippen molar-refractivity contribution >= 4 is 62.9 Å². The van der Waals surface area contributed by atoms with Crippen molar-refractivity contribution in [1.82, 2.24) is 29.6 Å². The van der Waals surface area contributed by atoms with E-state index in [0.717, 1.165) is 57.7 Å². The average molecular weight is 738 g/mol. The minimum atomic E-state index is -2.82. The lowest BCUT2D eigenvalue weighted by atomic mass is 10.0. The summed E-state index contributed by atoms with van der Waals surface area (Å²) in [7, 11) is 1.04. The summed E-state index contributed by atoms with van der Waals surface area (Å²) in [4.78, 5) is 18.5. The number of halogens is 1. The van der Waals surface area contributed by atoms with Gasteiger partial charge in [0.05, 0.1) is 34.5 Å². The molecule has 3 N–H and O–H groups in total.